The molecular formula is C116H232N4O12. The van der Waals surface area contributed by atoms with Gasteiger partial charge < -0.3 is 46.0 Å². The fourth-order valence-electron chi connectivity index (χ4n) is 20.4. The first-order valence-corrected chi connectivity index (χ1v) is 58.9. The number of carboxylic acid groups (broad SMARTS) is 1. The van der Waals surface area contributed by atoms with Gasteiger partial charge in [0.1, 0.15) is 5.78 Å². The molecule has 0 fully saturated rings. The van der Waals surface area contributed by atoms with Crippen molar-refractivity contribution in [2.24, 2.45) is 11.8 Å². The van der Waals surface area contributed by atoms with Crippen LogP contribution in [0.5, 0.6) is 0 Å². The van der Waals surface area contributed by atoms with Crippen LogP contribution in [0.3, 0.4) is 0 Å². The van der Waals surface area contributed by atoms with Crippen LogP contribution in [-0.4, -0.2) is 210 Å². The van der Waals surface area contributed by atoms with Crippen molar-refractivity contribution in [3.05, 3.63) is 0 Å². The van der Waals surface area contributed by atoms with Crippen LogP contribution < -0.4 is 0 Å². The summed E-state index contributed by atoms with van der Waals surface area (Å²) in [4.78, 5) is 54.6. The fraction of sp³-hybridized carbons (Fsp3) is 0.974. The molecule has 0 saturated carbocycles. The molecule has 0 saturated heterocycles. The molecule has 132 heavy (non-hydrogen) atoms. The maximum atomic E-state index is 16.3. The molecule has 0 rings (SSSR count). The predicted molar refractivity (Wildman–Crippen MR) is 566 cm³/mol. The summed E-state index contributed by atoms with van der Waals surface area (Å²) in [6.45, 7) is 22.9. The van der Waals surface area contributed by atoms with Crippen LogP contribution in [0, 0.1) is 11.8 Å². The highest BCUT2D eigenvalue weighted by Gasteiger charge is 2.35. The van der Waals surface area contributed by atoms with Crippen molar-refractivity contribution >= 4 is 17.5 Å². The number of hydrogen-bond donors (Lipinski definition) is 9. The Kier molecular flexibility index (Phi) is 98.2. The van der Waals surface area contributed by atoms with E-state index in [-0.39, 0.29) is 43.9 Å². The van der Waals surface area contributed by atoms with E-state index >= 15 is 9.59 Å². The second kappa shape index (κ2) is 99.5. The van der Waals surface area contributed by atoms with Crippen LogP contribution in [0.2, 0.25) is 0 Å². The Hall–Kier alpha value is -1.67. The number of aliphatic carboxylic acids is 1. The molecule has 16 nitrogen and oxygen atoms in total. The zero-order chi connectivity index (χ0) is 96.9. The minimum atomic E-state index is -1.03. The van der Waals surface area contributed by atoms with Gasteiger partial charge in [-0.1, -0.05) is 486 Å². The third-order valence-corrected chi connectivity index (χ3v) is 29.1. The Morgan fingerprint density at radius 3 is 0.538 bits per heavy atom. The summed E-state index contributed by atoms with van der Waals surface area (Å²) >= 11 is 0. The normalized spacial score (nSPS) is 14.7. The number of Topliss-reactive ketones (excluding diaryl/α,β-unsaturated/α-hetero) is 2. The summed E-state index contributed by atoms with van der Waals surface area (Å²) in [6, 6.07) is -0.758. The lowest BCUT2D eigenvalue weighted by Gasteiger charge is -2.35. The van der Waals surface area contributed by atoms with Crippen LogP contribution >= 0.6 is 0 Å². The lowest BCUT2D eigenvalue weighted by molar-refractivity contribution is -0.144. The van der Waals surface area contributed by atoms with E-state index in [4.69, 9.17) is 0 Å². The minimum Gasteiger partial charge on any atom is -0.481 e. The topological polar surface area (TPSA) is 246 Å². The summed E-state index contributed by atoms with van der Waals surface area (Å²) in [5, 5.41) is 106. The Morgan fingerprint density at radius 2 is 0.341 bits per heavy atom. The van der Waals surface area contributed by atoms with Crippen molar-refractivity contribution in [1.82, 2.24) is 19.6 Å². The number of nitrogens with zero attached hydrogens (tertiary/aromatic N) is 4. The second-order valence-corrected chi connectivity index (χ2v) is 42.6. The zero-order valence-corrected chi connectivity index (χ0v) is 89.4. The standard InChI is InChI=1S/C116H232N4O12/c1-9-17-25-33-41-49-57-65-81-105(121)95-117(96-106(122)82-66-58-50-42-34-26-18-10-2)90-76-73-79-103(114(129)94-104(116(131)132)80-74-77-91-118(97-107(123)83-67-59-51-43-35-27-19-11-3)98-108(124)84-68-60-52-44-36-28-20-12-4)93-115(130)113(120(101-111(127)87-71-63-55-47-39-31-23-15-7)102-112(128)88-72-64-56-48-40-32-24-16-8)89-75-78-92-119(99-109(125)85-69-61-53-45-37-29-21-13-5)100-110(126)86-70-62-54-46-38-30-22-14-6/h103-113,121-128H,9-102H2,1-8H3,(H,131,132). The van der Waals surface area contributed by atoms with Crippen LogP contribution in [0.25, 0.3) is 0 Å². The van der Waals surface area contributed by atoms with Gasteiger partial charge in [-0.05, 0) is 110 Å². The summed E-state index contributed by atoms with van der Waals surface area (Å²) in [5.74, 6) is -3.18. The molecular weight excluding hydrogens is 1640 g/mol. The molecule has 0 aliphatic rings. The Morgan fingerprint density at radius 1 is 0.182 bits per heavy atom. The van der Waals surface area contributed by atoms with E-state index in [1.165, 1.54) is 295 Å². The van der Waals surface area contributed by atoms with Gasteiger partial charge in [0.25, 0.3) is 0 Å². The maximum Gasteiger partial charge on any atom is 0.306 e. The molecule has 0 aromatic carbocycles. The molecule has 0 amide bonds. The van der Waals surface area contributed by atoms with Gasteiger partial charge >= 0.3 is 5.97 Å². The van der Waals surface area contributed by atoms with Gasteiger partial charge in [-0.3, -0.25) is 34.0 Å². The Bertz CT molecular complexity index is 2250. The number of carbonyl (C=O) groups is 3. The first kappa shape index (κ1) is 130. The van der Waals surface area contributed by atoms with Gasteiger partial charge in [-0.2, -0.15) is 0 Å². The molecule has 0 radical (unpaired) electrons. The molecule has 788 valence electrons. The average molecular weight is 1880 g/mol. The van der Waals surface area contributed by atoms with Crippen molar-refractivity contribution in [1.29, 1.82) is 0 Å². The molecule has 0 spiro atoms. The molecule has 11 unspecified atom stereocenters. The van der Waals surface area contributed by atoms with Crippen molar-refractivity contribution in [2.45, 2.75) is 643 Å². The van der Waals surface area contributed by atoms with E-state index in [1.54, 1.807) is 0 Å². The summed E-state index contributed by atoms with van der Waals surface area (Å²) in [7, 11) is 0. The number of aliphatic hydroxyl groups is 8. The SMILES string of the molecule is CCCCCCCCCCC(O)CN(CCCCC(CC(=O)C(CCCCN(CC(O)CCCCCCCCCC)CC(O)CCCCCCCCCC)CC(=O)C(CCCCN(CC(O)CCCCCCCCCC)CC(O)CCCCCCCCCC)N(CC(O)CCCCCCCCCC)CC(O)CCCCCCCCCC)C(=O)O)CC(O)CCCCCCCCCC. The number of unbranched alkanes of at least 4 members (excludes halogenated alkanes) is 59. The molecule has 9 N–H and O–H groups in total. The van der Waals surface area contributed by atoms with Gasteiger partial charge in [0.2, 0.25) is 0 Å². The lowest BCUT2D eigenvalue weighted by atomic mass is 9.83. The smallest absolute Gasteiger partial charge is 0.306 e. The molecule has 16 heteroatoms. The highest BCUT2D eigenvalue weighted by Crippen LogP contribution is 2.29. The molecule has 0 aromatic heterocycles. The van der Waals surface area contributed by atoms with Crippen molar-refractivity contribution in [3.63, 3.8) is 0 Å². The fourth-order valence-corrected chi connectivity index (χ4v) is 20.4. The van der Waals surface area contributed by atoms with Gasteiger partial charge in [0, 0.05) is 71.1 Å². The van der Waals surface area contributed by atoms with E-state index in [2.05, 4.69) is 75.0 Å². The molecule has 11 atom stereocenters. The number of carboxylic acids is 1. The molecule has 0 aliphatic heterocycles. The van der Waals surface area contributed by atoms with Gasteiger partial charge in [0.05, 0.1) is 60.8 Å². The zero-order valence-electron chi connectivity index (χ0n) is 89.4. The molecule has 0 aliphatic carbocycles. The molecule has 0 heterocycles. The Labute approximate surface area is 819 Å². The van der Waals surface area contributed by atoms with Crippen LogP contribution in [0.1, 0.15) is 588 Å². The number of hydrogen-bond acceptors (Lipinski definition) is 15. The highest BCUT2D eigenvalue weighted by atomic mass is 16.4. The Balaban J connectivity index is 8.05. The first-order valence-electron chi connectivity index (χ1n) is 58.9. The first-order chi connectivity index (χ1) is 64.3. The third-order valence-electron chi connectivity index (χ3n) is 29.1. The number of rotatable bonds is 111. The van der Waals surface area contributed by atoms with Crippen molar-refractivity contribution < 1.29 is 60.3 Å². The van der Waals surface area contributed by atoms with E-state index in [0.717, 1.165) is 116 Å². The second-order valence-electron chi connectivity index (χ2n) is 42.6. The third kappa shape index (κ3) is 86.2. The predicted octanol–water partition coefficient (Wildman–Crippen LogP) is 29.4. The van der Waals surface area contributed by atoms with E-state index < -0.39 is 72.7 Å². The molecule has 0 bridgehead atoms. The van der Waals surface area contributed by atoms with E-state index in [1.807, 2.05) is 0 Å². The van der Waals surface area contributed by atoms with Gasteiger partial charge in [0.15, 0.2) is 5.78 Å². The quantitative estimate of drug-likeness (QED) is 0.0257. The number of carbonyl (C=O) groups excluding carboxylic acids is 2. The van der Waals surface area contributed by atoms with Gasteiger partial charge in [-0.15, -0.1) is 0 Å². The maximum absolute atomic E-state index is 16.3. The average Bonchev–Trinajstić information content (AvgIpc) is 0.838. The summed E-state index contributed by atoms with van der Waals surface area (Å²) in [5.41, 5.74) is 0. The van der Waals surface area contributed by atoms with Crippen molar-refractivity contribution in [2.75, 3.05) is 72.0 Å². The molecule has 0 aromatic rings. The van der Waals surface area contributed by atoms with Gasteiger partial charge in [-0.25, -0.2) is 0 Å². The summed E-state index contributed by atoms with van der Waals surface area (Å²) < 4.78 is 0. The largest absolute Gasteiger partial charge is 0.481 e. The monoisotopic (exact) mass is 1870 g/mol. The van der Waals surface area contributed by atoms with Crippen LogP contribution in [0.15, 0.2) is 0 Å². The van der Waals surface area contributed by atoms with Crippen LogP contribution in [-0.2, 0) is 14.4 Å². The van der Waals surface area contributed by atoms with E-state index in [0.29, 0.717) is 162 Å². The van der Waals surface area contributed by atoms with Crippen molar-refractivity contribution in [3.8, 4) is 0 Å². The minimum absolute atomic E-state index is 0.105. The highest BCUT2D eigenvalue weighted by molar-refractivity contribution is 5.92. The van der Waals surface area contributed by atoms with E-state index in [9.17, 15) is 50.8 Å². The number of ketones is 2. The summed E-state index contributed by atoms with van der Waals surface area (Å²) in [6.07, 6.45) is 79.9. The van der Waals surface area contributed by atoms with Crippen LogP contribution in [0.4, 0.5) is 0 Å². The lowest BCUT2D eigenvalue weighted by Crippen LogP contribution is -2.49. The number of aliphatic hydroxyl groups excluding tert-OH is 8.